The maximum absolute atomic E-state index is 13.7. The molecule has 0 aliphatic carbocycles. The number of amides is 1. The van der Waals surface area contributed by atoms with E-state index < -0.39 is 0 Å². The van der Waals surface area contributed by atoms with Crippen molar-refractivity contribution in [2.75, 3.05) is 13.1 Å². The van der Waals surface area contributed by atoms with Crippen LogP contribution in [0.5, 0.6) is 0 Å². The highest BCUT2D eigenvalue weighted by atomic mass is 16.3. The first-order valence-corrected chi connectivity index (χ1v) is 11.1. The molecule has 2 aromatic heterocycles. The molecule has 1 atom stereocenters. The summed E-state index contributed by atoms with van der Waals surface area (Å²) in [6.07, 6.45) is 8.70. The van der Waals surface area contributed by atoms with Crippen LogP contribution in [-0.4, -0.2) is 45.0 Å². The number of carbonyl (C=O) groups excluding carboxylic acids is 1. The summed E-state index contributed by atoms with van der Waals surface area (Å²) in [5.41, 5.74) is 3.35. The van der Waals surface area contributed by atoms with E-state index in [0.717, 1.165) is 24.0 Å². The SMILES string of the molecule is N=C(/C=C\NC[C@@H]1CCCN1C(=O)c1c(-c2ccccc2)nc2occn12)c1ccccc1. The molecule has 166 valence electrons. The van der Waals surface area contributed by atoms with Crippen molar-refractivity contribution < 1.29 is 9.21 Å². The number of nitrogens with one attached hydrogen (secondary N) is 2. The van der Waals surface area contributed by atoms with E-state index in [4.69, 9.17) is 9.83 Å². The molecule has 0 saturated carbocycles. The number of allylic oxidation sites excluding steroid dienone is 1. The average Bonchev–Trinajstić information content (AvgIpc) is 3.58. The Morgan fingerprint density at radius 1 is 1.15 bits per heavy atom. The molecule has 7 heteroatoms. The molecule has 33 heavy (non-hydrogen) atoms. The van der Waals surface area contributed by atoms with Crippen molar-refractivity contribution in [1.29, 1.82) is 5.41 Å². The average molecular weight is 440 g/mol. The number of carbonyl (C=O) groups is 1. The van der Waals surface area contributed by atoms with Crippen LogP contribution in [-0.2, 0) is 0 Å². The first-order valence-electron chi connectivity index (χ1n) is 11.1. The molecule has 7 nitrogen and oxygen atoms in total. The number of nitrogens with zero attached hydrogens (tertiary/aromatic N) is 3. The van der Waals surface area contributed by atoms with Crippen molar-refractivity contribution in [1.82, 2.24) is 19.6 Å². The lowest BCUT2D eigenvalue weighted by atomic mass is 10.1. The maximum Gasteiger partial charge on any atom is 0.306 e. The number of aromatic nitrogens is 2. The topological polar surface area (TPSA) is 86.6 Å². The zero-order chi connectivity index (χ0) is 22.6. The van der Waals surface area contributed by atoms with Crippen molar-refractivity contribution in [3.8, 4) is 11.3 Å². The first-order chi connectivity index (χ1) is 16.2. The molecule has 1 aliphatic rings. The minimum absolute atomic E-state index is 0.0481. The van der Waals surface area contributed by atoms with Gasteiger partial charge in [0.25, 0.3) is 5.91 Å². The molecule has 0 radical (unpaired) electrons. The van der Waals surface area contributed by atoms with Gasteiger partial charge >= 0.3 is 5.84 Å². The number of rotatable bonds is 7. The molecule has 2 N–H and O–H groups in total. The Hall–Kier alpha value is -4.13. The van der Waals surface area contributed by atoms with Gasteiger partial charge in [-0.1, -0.05) is 60.7 Å². The Morgan fingerprint density at radius 3 is 2.70 bits per heavy atom. The van der Waals surface area contributed by atoms with Crippen LogP contribution < -0.4 is 5.32 Å². The van der Waals surface area contributed by atoms with Gasteiger partial charge in [0, 0.05) is 30.9 Å². The summed E-state index contributed by atoms with van der Waals surface area (Å²) in [5, 5.41) is 11.5. The van der Waals surface area contributed by atoms with E-state index in [-0.39, 0.29) is 11.9 Å². The largest absolute Gasteiger partial charge is 0.432 e. The summed E-state index contributed by atoms with van der Waals surface area (Å²) in [5.74, 6) is 0.362. The van der Waals surface area contributed by atoms with Gasteiger partial charge in [0.1, 0.15) is 17.7 Å². The van der Waals surface area contributed by atoms with E-state index in [0.29, 0.717) is 36.0 Å². The number of hydrogen-bond donors (Lipinski definition) is 2. The van der Waals surface area contributed by atoms with Gasteiger partial charge < -0.3 is 20.0 Å². The number of fused-ring (bicyclic) bond motifs is 1. The van der Waals surface area contributed by atoms with Gasteiger partial charge in [0.2, 0.25) is 0 Å². The second-order valence-corrected chi connectivity index (χ2v) is 8.05. The van der Waals surface area contributed by atoms with Gasteiger partial charge in [-0.2, -0.15) is 4.98 Å². The molecule has 4 aromatic rings. The Balaban J connectivity index is 1.32. The van der Waals surface area contributed by atoms with Crippen molar-refractivity contribution >= 4 is 17.5 Å². The molecule has 3 heterocycles. The Morgan fingerprint density at radius 2 is 1.91 bits per heavy atom. The van der Waals surface area contributed by atoms with Crippen LogP contribution in [0.2, 0.25) is 0 Å². The monoisotopic (exact) mass is 439 g/mol. The van der Waals surface area contributed by atoms with Crippen LogP contribution >= 0.6 is 0 Å². The van der Waals surface area contributed by atoms with Crippen molar-refractivity contribution in [2.45, 2.75) is 18.9 Å². The highest BCUT2D eigenvalue weighted by Gasteiger charge is 2.33. The zero-order valence-electron chi connectivity index (χ0n) is 18.1. The molecule has 1 saturated heterocycles. The lowest BCUT2D eigenvalue weighted by Crippen LogP contribution is -2.41. The van der Waals surface area contributed by atoms with Gasteiger partial charge in [-0.25, -0.2) is 0 Å². The molecule has 1 amide bonds. The van der Waals surface area contributed by atoms with Crippen LogP contribution in [0.3, 0.4) is 0 Å². The van der Waals surface area contributed by atoms with E-state index in [9.17, 15) is 4.79 Å². The van der Waals surface area contributed by atoms with Crippen molar-refractivity contribution in [2.24, 2.45) is 0 Å². The third-order valence-electron chi connectivity index (χ3n) is 5.96. The predicted octanol–water partition coefficient (Wildman–Crippen LogP) is 4.37. The number of oxazole rings is 1. The van der Waals surface area contributed by atoms with Gasteiger partial charge in [0.15, 0.2) is 0 Å². The Labute approximate surface area is 191 Å². The lowest BCUT2D eigenvalue weighted by molar-refractivity contribution is 0.0731. The van der Waals surface area contributed by atoms with Crippen molar-refractivity contribution in [3.63, 3.8) is 0 Å². The fourth-order valence-electron chi connectivity index (χ4n) is 4.30. The molecule has 0 bridgehead atoms. The van der Waals surface area contributed by atoms with E-state index in [1.807, 2.05) is 65.6 Å². The van der Waals surface area contributed by atoms with Gasteiger partial charge in [0.05, 0.1) is 5.71 Å². The predicted molar refractivity (Wildman–Crippen MR) is 127 cm³/mol. The number of likely N-dealkylation sites (tertiary alicyclic amines) is 1. The zero-order valence-corrected chi connectivity index (χ0v) is 18.1. The molecule has 0 spiro atoms. The van der Waals surface area contributed by atoms with Gasteiger partial charge in [-0.15, -0.1) is 0 Å². The standard InChI is InChI=1S/C26H25N5O2/c27-22(19-8-3-1-4-9-19)13-14-28-18-21-12-7-15-30(21)25(32)24-23(20-10-5-2-6-11-20)29-26-31(24)16-17-33-26/h1-6,8-11,13-14,16-17,21,27-28H,7,12,15,18H2/b14-13-,27-22?/t21-/m0/s1. The maximum atomic E-state index is 13.7. The van der Waals surface area contributed by atoms with Crippen LogP contribution in [0, 0.1) is 5.41 Å². The molecule has 0 unspecified atom stereocenters. The second-order valence-electron chi connectivity index (χ2n) is 8.05. The minimum Gasteiger partial charge on any atom is -0.432 e. The molecule has 5 rings (SSSR count). The highest BCUT2D eigenvalue weighted by Crippen LogP contribution is 2.28. The van der Waals surface area contributed by atoms with E-state index in [1.165, 1.54) is 0 Å². The summed E-state index contributed by atoms with van der Waals surface area (Å²) in [7, 11) is 0. The third kappa shape index (κ3) is 4.17. The lowest BCUT2D eigenvalue weighted by Gasteiger charge is -2.25. The van der Waals surface area contributed by atoms with Gasteiger partial charge in [-0.05, 0) is 30.7 Å². The van der Waals surface area contributed by atoms with Gasteiger partial charge in [-0.3, -0.25) is 9.20 Å². The number of hydrogen-bond acceptors (Lipinski definition) is 5. The summed E-state index contributed by atoms with van der Waals surface area (Å²) < 4.78 is 7.21. The first kappa shape index (κ1) is 20.8. The van der Waals surface area contributed by atoms with Crippen molar-refractivity contribution in [3.05, 3.63) is 96.7 Å². The molecular weight excluding hydrogens is 414 g/mol. The third-order valence-corrected chi connectivity index (χ3v) is 5.96. The molecule has 1 aliphatic heterocycles. The summed E-state index contributed by atoms with van der Waals surface area (Å²) in [4.78, 5) is 20.2. The second kappa shape index (κ2) is 9.16. The number of imidazole rings is 1. The van der Waals surface area contributed by atoms with Crippen LogP contribution in [0.4, 0.5) is 0 Å². The minimum atomic E-state index is -0.0481. The normalized spacial score (nSPS) is 16.0. The molecule has 1 fully saturated rings. The summed E-state index contributed by atoms with van der Waals surface area (Å²) >= 11 is 0. The fourth-order valence-corrected chi connectivity index (χ4v) is 4.30. The van der Waals surface area contributed by atoms with Crippen LogP contribution in [0.25, 0.3) is 17.1 Å². The summed E-state index contributed by atoms with van der Waals surface area (Å²) in [6, 6.07) is 19.4. The fraction of sp³-hybridized carbons (Fsp3) is 0.192. The Bertz CT molecular complexity index is 1290. The Kier molecular flexibility index (Phi) is 5.76. The van der Waals surface area contributed by atoms with E-state index >= 15 is 0 Å². The molecular formula is C26H25N5O2. The smallest absolute Gasteiger partial charge is 0.306 e. The van der Waals surface area contributed by atoms with Crippen LogP contribution in [0.15, 0.2) is 89.8 Å². The number of benzene rings is 2. The van der Waals surface area contributed by atoms with E-state index in [2.05, 4.69) is 10.3 Å². The molecule has 2 aromatic carbocycles. The van der Waals surface area contributed by atoms with E-state index in [1.54, 1.807) is 29.1 Å². The highest BCUT2D eigenvalue weighted by molar-refractivity contribution is 6.06. The quantitative estimate of drug-likeness (QED) is 0.419. The van der Waals surface area contributed by atoms with Crippen LogP contribution in [0.1, 0.15) is 28.9 Å². The summed E-state index contributed by atoms with van der Waals surface area (Å²) in [6.45, 7) is 1.33.